The van der Waals surface area contributed by atoms with Crippen molar-refractivity contribution in [2.24, 2.45) is 0 Å². The highest BCUT2D eigenvalue weighted by Crippen LogP contribution is 1.94. The molecule has 0 aromatic rings. The largest absolute Gasteiger partial charge is 0.320 e. The molecule has 0 aliphatic rings. The molecule has 0 fully saturated rings. The van der Waals surface area contributed by atoms with Crippen molar-refractivity contribution in [2.45, 2.75) is 19.4 Å². The Hall–Kier alpha value is -0.0800. The highest BCUT2D eigenvalue weighted by Gasteiger charge is 2.01. The summed E-state index contributed by atoms with van der Waals surface area (Å²) in [5.74, 6) is 0. The normalized spacial score (nSPS) is 14.3. The summed E-state index contributed by atoms with van der Waals surface area (Å²) < 4.78 is 0. The molecule has 2 nitrogen and oxygen atoms in total. The average molecular weight is 130 g/mol. The predicted molar refractivity (Wildman–Crippen MR) is 41.7 cm³/mol. The second kappa shape index (κ2) is 4.77. The second-order valence-electron chi connectivity index (χ2n) is 2.70. The van der Waals surface area contributed by atoms with E-state index in [9.17, 15) is 0 Å². The summed E-state index contributed by atoms with van der Waals surface area (Å²) >= 11 is 0. The molecule has 0 heterocycles. The summed E-state index contributed by atoms with van der Waals surface area (Å²) in [5, 5.41) is 3.13. The van der Waals surface area contributed by atoms with Gasteiger partial charge in [-0.15, -0.1) is 0 Å². The molecule has 0 rings (SSSR count). The van der Waals surface area contributed by atoms with E-state index in [1.54, 1.807) is 0 Å². The molecule has 1 atom stereocenters. The molecule has 56 valence electrons. The second-order valence-corrected chi connectivity index (χ2v) is 2.70. The maximum absolute atomic E-state index is 3.13. The van der Waals surface area contributed by atoms with Gasteiger partial charge < -0.3 is 10.2 Å². The van der Waals surface area contributed by atoms with Gasteiger partial charge in [0.1, 0.15) is 0 Å². The fourth-order valence-corrected chi connectivity index (χ4v) is 0.611. The Kier molecular flexibility index (Phi) is 4.72. The van der Waals surface area contributed by atoms with Crippen LogP contribution in [0.5, 0.6) is 0 Å². The third-order valence-corrected chi connectivity index (χ3v) is 1.69. The molecule has 0 saturated carbocycles. The summed E-state index contributed by atoms with van der Waals surface area (Å²) in [7, 11) is 6.21. The lowest BCUT2D eigenvalue weighted by atomic mass is 10.2. The van der Waals surface area contributed by atoms with E-state index in [1.807, 2.05) is 7.05 Å². The van der Waals surface area contributed by atoms with Gasteiger partial charge in [0, 0.05) is 6.04 Å². The number of rotatable bonds is 4. The van der Waals surface area contributed by atoms with E-state index in [0.29, 0.717) is 6.04 Å². The van der Waals surface area contributed by atoms with Gasteiger partial charge in [-0.25, -0.2) is 0 Å². The topological polar surface area (TPSA) is 15.3 Å². The molecule has 0 spiro atoms. The molecule has 0 aliphatic heterocycles. The molecule has 9 heavy (non-hydrogen) atoms. The molecular formula is C7H18N2. The third kappa shape index (κ3) is 4.43. The van der Waals surface area contributed by atoms with Crippen molar-refractivity contribution in [3.05, 3.63) is 0 Å². The van der Waals surface area contributed by atoms with E-state index >= 15 is 0 Å². The first-order chi connectivity index (χ1) is 4.18. The Balaban J connectivity index is 3.16. The van der Waals surface area contributed by atoms with Crippen LogP contribution in [0.1, 0.15) is 13.3 Å². The number of hydrogen-bond donors (Lipinski definition) is 1. The smallest absolute Gasteiger partial charge is 0.00729 e. The highest BCUT2D eigenvalue weighted by atomic mass is 15.1. The lowest BCUT2D eigenvalue weighted by Gasteiger charge is -2.18. The van der Waals surface area contributed by atoms with Crippen molar-refractivity contribution in [1.29, 1.82) is 0 Å². The lowest BCUT2D eigenvalue weighted by molar-refractivity contribution is 0.297. The summed E-state index contributed by atoms with van der Waals surface area (Å²) in [6.45, 7) is 3.34. The average Bonchev–Trinajstić information content (AvgIpc) is 1.82. The first-order valence-corrected chi connectivity index (χ1v) is 3.49. The molecule has 2 heteroatoms. The van der Waals surface area contributed by atoms with Crippen LogP contribution in [0.2, 0.25) is 0 Å². The first-order valence-electron chi connectivity index (χ1n) is 3.49. The fourth-order valence-electron chi connectivity index (χ4n) is 0.611. The van der Waals surface area contributed by atoms with Crippen LogP contribution in [-0.2, 0) is 0 Å². The Morgan fingerprint density at radius 1 is 1.44 bits per heavy atom. The van der Waals surface area contributed by atoms with Gasteiger partial charge in [-0.05, 0) is 41.0 Å². The molecular weight excluding hydrogens is 112 g/mol. The molecule has 0 unspecified atom stereocenters. The van der Waals surface area contributed by atoms with Crippen LogP contribution in [0.3, 0.4) is 0 Å². The van der Waals surface area contributed by atoms with Gasteiger partial charge in [0.15, 0.2) is 0 Å². The van der Waals surface area contributed by atoms with E-state index in [4.69, 9.17) is 0 Å². The zero-order valence-electron chi connectivity index (χ0n) is 6.94. The molecule has 0 aromatic heterocycles. The SMILES string of the molecule is CNCC[C@H](C)N(C)C. The van der Waals surface area contributed by atoms with Gasteiger partial charge >= 0.3 is 0 Å². The first kappa shape index (κ1) is 8.92. The maximum Gasteiger partial charge on any atom is 0.00729 e. The summed E-state index contributed by atoms with van der Waals surface area (Å²) in [4.78, 5) is 2.23. The van der Waals surface area contributed by atoms with Gasteiger partial charge in [-0.2, -0.15) is 0 Å². The van der Waals surface area contributed by atoms with Crippen molar-refractivity contribution < 1.29 is 0 Å². The Bertz CT molecular complexity index is 61.9. The van der Waals surface area contributed by atoms with Gasteiger partial charge in [0.2, 0.25) is 0 Å². The van der Waals surface area contributed by atoms with Crippen LogP contribution < -0.4 is 5.32 Å². The van der Waals surface area contributed by atoms with Crippen LogP contribution in [0.15, 0.2) is 0 Å². The molecule has 1 N–H and O–H groups in total. The van der Waals surface area contributed by atoms with Crippen molar-refractivity contribution in [3.63, 3.8) is 0 Å². The quantitative estimate of drug-likeness (QED) is 0.597. The lowest BCUT2D eigenvalue weighted by Crippen LogP contribution is -2.27. The molecule has 0 saturated heterocycles. The van der Waals surface area contributed by atoms with E-state index < -0.39 is 0 Å². The van der Waals surface area contributed by atoms with E-state index in [2.05, 4.69) is 31.2 Å². The minimum atomic E-state index is 0.692. The number of hydrogen-bond acceptors (Lipinski definition) is 2. The minimum absolute atomic E-state index is 0.692. The summed E-state index contributed by atoms with van der Waals surface area (Å²) in [6, 6.07) is 0.692. The van der Waals surface area contributed by atoms with Gasteiger partial charge in [0.05, 0.1) is 0 Å². The summed E-state index contributed by atoms with van der Waals surface area (Å²) in [5.41, 5.74) is 0. The molecule has 0 amide bonds. The Morgan fingerprint density at radius 3 is 2.33 bits per heavy atom. The Labute approximate surface area is 58.2 Å². The van der Waals surface area contributed by atoms with E-state index in [-0.39, 0.29) is 0 Å². The fraction of sp³-hybridized carbons (Fsp3) is 1.00. The molecule has 0 aliphatic carbocycles. The monoisotopic (exact) mass is 130 g/mol. The predicted octanol–water partition coefficient (Wildman–Crippen LogP) is 0.546. The number of nitrogens with one attached hydrogen (secondary N) is 1. The molecule has 0 radical (unpaired) electrons. The van der Waals surface area contributed by atoms with Crippen LogP contribution in [0, 0.1) is 0 Å². The highest BCUT2D eigenvalue weighted by molar-refractivity contribution is 4.59. The van der Waals surface area contributed by atoms with E-state index in [0.717, 1.165) is 6.54 Å². The molecule has 0 bridgehead atoms. The van der Waals surface area contributed by atoms with Crippen molar-refractivity contribution in [2.75, 3.05) is 27.7 Å². The maximum atomic E-state index is 3.13. The molecule has 0 aromatic carbocycles. The number of nitrogens with zero attached hydrogens (tertiary/aromatic N) is 1. The van der Waals surface area contributed by atoms with Gasteiger partial charge in [-0.3, -0.25) is 0 Å². The zero-order chi connectivity index (χ0) is 7.28. The zero-order valence-corrected chi connectivity index (χ0v) is 6.94. The van der Waals surface area contributed by atoms with Crippen LogP contribution >= 0.6 is 0 Å². The van der Waals surface area contributed by atoms with Crippen LogP contribution in [-0.4, -0.2) is 38.6 Å². The van der Waals surface area contributed by atoms with Crippen molar-refractivity contribution in [1.82, 2.24) is 10.2 Å². The standard InChI is InChI=1S/C7H18N2/c1-7(9(3)4)5-6-8-2/h7-8H,5-6H2,1-4H3/t7-/m0/s1. The van der Waals surface area contributed by atoms with Crippen LogP contribution in [0.25, 0.3) is 0 Å². The third-order valence-electron chi connectivity index (χ3n) is 1.69. The minimum Gasteiger partial charge on any atom is -0.320 e. The van der Waals surface area contributed by atoms with Crippen molar-refractivity contribution >= 4 is 0 Å². The Morgan fingerprint density at radius 2 is 2.00 bits per heavy atom. The summed E-state index contributed by atoms with van der Waals surface area (Å²) in [6.07, 6.45) is 1.23. The van der Waals surface area contributed by atoms with Crippen LogP contribution in [0.4, 0.5) is 0 Å². The van der Waals surface area contributed by atoms with Gasteiger partial charge in [-0.1, -0.05) is 0 Å². The van der Waals surface area contributed by atoms with Crippen molar-refractivity contribution in [3.8, 4) is 0 Å². The van der Waals surface area contributed by atoms with E-state index in [1.165, 1.54) is 6.42 Å². The van der Waals surface area contributed by atoms with Gasteiger partial charge in [0.25, 0.3) is 0 Å².